The van der Waals surface area contributed by atoms with Crippen LogP contribution in [0.2, 0.25) is 0 Å². The smallest absolute Gasteiger partial charge is 0.184 e. The van der Waals surface area contributed by atoms with Crippen molar-refractivity contribution >= 4 is 5.69 Å². The molecule has 6 nitrogen and oxygen atoms in total. The summed E-state index contributed by atoms with van der Waals surface area (Å²) in [6.45, 7) is 3.47. The molecule has 26 heavy (non-hydrogen) atoms. The van der Waals surface area contributed by atoms with E-state index in [4.69, 9.17) is 18.9 Å². The van der Waals surface area contributed by atoms with Crippen LogP contribution >= 0.6 is 0 Å². The van der Waals surface area contributed by atoms with Gasteiger partial charge in [-0.1, -0.05) is 18.2 Å². The maximum atomic E-state index is 5.99. The van der Waals surface area contributed by atoms with Gasteiger partial charge in [-0.2, -0.15) is 0 Å². The van der Waals surface area contributed by atoms with Gasteiger partial charge >= 0.3 is 0 Å². The third-order valence-corrected chi connectivity index (χ3v) is 4.59. The van der Waals surface area contributed by atoms with Crippen molar-refractivity contribution in [3.63, 3.8) is 0 Å². The average molecular weight is 356 g/mol. The zero-order chi connectivity index (χ0) is 17.8. The number of rotatable bonds is 7. The van der Waals surface area contributed by atoms with Crippen LogP contribution in [-0.4, -0.2) is 46.1 Å². The fraction of sp³-hybridized carbons (Fsp3) is 0.400. The molecule has 2 aliphatic rings. The molecule has 0 unspecified atom stereocenters. The Labute approximate surface area is 153 Å². The predicted molar refractivity (Wildman–Crippen MR) is 99.9 cm³/mol. The standard InChI is InChI=1S/C20H24N2O4/c1-23-18-7-6-14-8-9-22-19(14)20(18)24-11-10-21-12-15-13-25-16-4-2-3-5-17(16)26-15/h2-7,15,21-22H,8-13H2,1H3/t15-/m1/s1. The third kappa shape index (κ3) is 3.51. The summed E-state index contributed by atoms with van der Waals surface area (Å²) in [4.78, 5) is 0. The van der Waals surface area contributed by atoms with Crippen molar-refractivity contribution in [3.8, 4) is 23.0 Å². The summed E-state index contributed by atoms with van der Waals surface area (Å²) in [6.07, 6.45) is 1.02. The topological polar surface area (TPSA) is 61.0 Å². The summed E-state index contributed by atoms with van der Waals surface area (Å²) in [5.41, 5.74) is 2.34. The molecule has 0 spiro atoms. The van der Waals surface area contributed by atoms with E-state index in [0.29, 0.717) is 26.3 Å². The van der Waals surface area contributed by atoms with Crippen LogP contribution in [0.3, 0.4) is 0 Å². The Morgan fingerprint density at radius 1 is 1.19 bits per heavy atom. The van der Waals surface area contributed by atoms with Gasteiger partial charge in [0.15, 0.2) is 23.0 Å². The fourth-order valence-corrected chi connectivity index (χ4v) is 3.28. The lowest BCUT2D eigenvalue weighted by molar-refractivity contribution is 0.0897. The van der Waals surface area contributed by atoms with Gasteiger partial charge in [0.05, 0.1) is 12.8 Å². The first-order chi connectivity index (χ1) is 12.8. The maximum Gasteiger partial charge on any atom is 0.184 e. The van der Waals surface area contributed by atoms with Crippen molar-refractivity contribution in [1.29, 1.82) is 0 Å². The zero-order valence-corrected chi connectivity index (χ0v) is 14.9. The van der Waals surface area contributed by atoms with Crippen molar-refractivity contribution in [1.82, 2.24) is 5.32 Å². The Morgan fingerprint density at radius 3 is 2.96 bits per heavy atom. The summed E-state index contributed by atoms with van der Waals surface area (Å²) >= 11 is 0. The van der Waals surface area contributed by atoms with E-state index in [1.807, 2.05) is 30.3 Å². The summed E-state index contributed by atoms with van der Waals surface area (Å²) in [5.74, 6) is 3.18. The molecule has 138 valence electrons. The molecule has 2 heterocycles. The molecule has 0 fully saturated rings. The normalized spacial score (nSPS) is 17.3. The summed E-state index contributed by atoms with van der Waals surface area (Å²) in [6, 6.07) is 11.8. The number of hydrogen-bond acceptors (Lipinski definition) is 6. The molecule has 2 aromatic carbocycles. The summed E-state index contributed by atoms with van der Waals surface area (Å²) in [7, 11) is 1.67. The molecule has 4 rings (SSSR count). The molecule has 0 amide bonds. The van der Waals surface area contributed by atoms with E-state index in [1.54, 1.807) is 7.11 Å². The lowest BCUT2D eigenvalue weighted by Crippen LogP contribution is -2.39. The quantitative estimate of drug-likeness (QED) is 0.743. The van der Waals surface area contributed by atoms with Gasteiger partial charge in [-0.3, -0.25) is 0 Å². The number of benzene rings is 2. The van der Waals surface area contributed by atoms with Gasteiger partial charge in [0.25, 0.3) is 0 Å². The van der Waals surface area contributed by atoms with E-state index in [1.165, 1.54) is 5.56 Å². The average Bonchev–Trinajstić information content (AvgIpc) is 3.16. The Kier molecular flexibility index (Phi) is 5.02. The molecular weight excluding hydrogens is 332 g/mol. The molecule has 2 aliphatic heterocycles. The molecular formula is C20H24N2O4. The number of anilines is 1. The molecule has 0 aliphatic carbocycles. The van der Waals surface area contributed by atoms with E-state index in [-0.39, 0.29) is 6.10 Å². The van der Waals surface area contributed by atoms with Crippen molar-refractivity contribution in [2.24, 2.45) is 0 Å². The lowest BCUT2D eigenvalue weighted by Gasteiger charge is -2.26. The highest BCUT2D eigenvalue weighted by molar-refractivity contribution is 5.70. The zero-order valence-electron chi connectivity index (χ0n) is 14.9. The summed E-state index contributed by atoms with van der Waals surface area (Å²) < 4.78 is 23.1. The van der Waals surface area contributed by atoms with Crippen molar-refractivity contribution in [2.75, 3.05) is 45.3 Å². The first-order valence-corrected chi connectivity index (χ1v) is 9.01. The van der Waals surface area contributed by atoms with Crippen LogP contribution in [0.5, 0.6) is 23.0 Å². The Morgan fingerprint density at radius 2 is 2.08 bits per heavy atom. The van der Waals surface area contributed by atoms with Crippen LogP contribution in [0.15, 0.2) is 36.4 Å². The second kappa shape index (κ2) is 7.74. The van der Waals surface area contributed by atoms with Crippen LogP contribution in [0.25, 0.3) is 0 Å². The molecule has 2 aromatic rings. The van der Waals surface area contributed by atoms with Crippen LogP contribution in [0.4, 0.5) is 5.69 Å². The largest absolute Gasteiger partial charge is 0.493 e. The number of nitrogens with one attached hydrogen (secondary N) is 2. The minimum absolute atomic E-state index is 0.00192. The lowest BCUT2D eigenvalue weighted by atomic mass is 10.1. The molecule has 2 N–H and O–H groups in total. The second-order valence-electron chi connectivity index (χ2n) is 6.36. The Hall–Kier alpha value is -2.60. The number of ether oxygens (including phenoxy) is 4. The SMILES string of the molecule is COc1ccc2c(c1OCCNC[C@@H]1COc3ccccc3O1)NCC2. The summed E-state index contributed by atoms with van der Waals surface area (Å²) in [5, 5.41) is 6.75. The van der Waals surface area contributed by atoms with E-state index in [2.05, 4.69) is 16.7 Å². The van der Waals surface area contributed by atoms with Gasteiger partial charge in [-0.05, 0) is 30.2 Å². The number of hydrogen-bond donors (Lipinski definition) is 2. The van der Waals surface area contributed by atoms with Gasteiger partial charge in [-0.25, -0.2) is 0 Å². The molecule has 6 heteroatoms. The predicted octanol–water partition coefficient (Wildman–Crippen LogP) is 2.47. The van der Waals surface area contributed by atoms with Gasteiger partial charge in [0.1, 0.15) is 19.3 Å². The molecule has 0 bridgehead atoms. The highest BCUT2D eigenvalue weighted by Crippen LogP contribution is 2.40. The van der Waals surface area contributed by atoms with Gasteiger partial charge < -0.3 is 29.6 Å². The van der Waals surface area contributed by atoms with Crippen LogP contribution < -0.4 is 29.6 Å². The minimum atomic E-state index is 0.00192. The first kappa shape index (κ1) is 16.8. The molecule has 0 radical (unpaired) electrons. The van der Waals surface area contributed by atoms with Crippen molar-refractivity contribution in [2.45, 2.75) is 12.5 Å². The van der Waals surface area contributed by atoms with E-state index in [0.717, 1.165) is 41.7 Å². The number of fused-ring (bicyclic) bond motifs is 2. The Balaban J connectivity index is 1.25. The van der Waals surface area contributed by atoms with Gasteiger partial charge in [0.2, 0.25) is 0 Å². The third-order valence-electron chi connectivity index (χ3n) is 4.59. The molecule has 0 saturated carbocycles. The van der Waals surface area contributed by atoms with E-state index < -0.39 is 0 Å². The van der Waals surface area contributed by atoms with Crippen LogP contribution in [0.1, 0.15) is 5.56 Å². The Bertz CT molecular complexity index is 765. The van der Waals surface area contributed by atoms with E-state index in [9.17, 15) is 0 Å². The van der Waals surface area contributed by atoms with Gasteiger partial charge in [0, 0.05) is 19.6 Å². The first-order valence-electron chi connectivity index (χ1n) is 9.01. The number of para-hydroxylation sites is 2. The monoisotopic (exact) mass is 356 g/mol. The minimum Gasteiger partial charge on any atom is -0.493 e. The molecule has 1 atom stereocenters. The van der Waals surface area contributed by atoms with Crippen molar-refractivity contribution < 1.29 is 18.9 Å². The van der Waals surface area contributed by atoms with Crippen molar-refractivity contribution in [3.05, 3.63) is 42.0 Å². The second-order valence-corrected chi connectivity index (χ2v) is 6.36. The highest BCUT2D eigenvalue weighted by Gasteiger charge is 2.21. The van der Waals surface area contributed by atoms with Gasteiger partial charge in [-0.15, -0.1) is 0 Å². The maximum absolute atomic E-state index is 5.99. The molecule has 0 saturated heterocycles. The molecule has 0 aromatic heterocycles. The van der Waals surface area contributed by atoms with E-state index >= 15 is 0 Å². The number of methoxy groups -OCH3 is 1. The fourth-order valence-electron chi connectivity index (χ4n) is 3.28. The van der Waals surface area contributed by atoms with Crippen LogP contribution in [-0.2, 0) is 6.42 Å². The van der Waals surface area contributed by atoms with Crippen LogP contribution in [0, 0.1) is 0 Å². The highest BCUT2D eigenvalue weighted by atomic mass is 16.6.